The number of hydrogen-bond donors (Lipinski definition) is 3. The number of rotatable bonds is 6. The van der Waals surface area contributed by atoms with Gasteiger partial charge in [-0.1, -0.05) is 19.3 Å². The quantitative estimate of drug-likeness (QED) is 0.653. The van der Waals surface area contributed by atoms with Crippen molar-refractivity contribution in [2.75, 3.05) is 7.11 Å². The Hall–Kier alpha value is -1.60. The van der Waals surface area contributed by atoms with Crippen LogP contribution >= 0.6 is 15.9 Å². The number of quaternary nitrogens is 1. The maximum atomic E-state index is 12.3. The van der Waals surface area contributed by atoms with Gasteiger partial charge in [-0.15, -0.1) is 0 Å². The summed E-state index contributed by atoms with van der Waals surface area (Å²) in [5.74, 6) is 0.490. The van der Waals surface area contributed by atoms with Crippen LogP contribution in [0.15, 0.2) is 22.7 Å². The fourth-order valence-electron chi connectivity index (χ4n) is 3.29. The number of urea groups is 1. The van der Waals surface area contributed by atoms with E-state index in [1.165, 1.54) is 6.42 Å². The van der Waals surface area contributed by atoms with Crippen molar-refractivity contribution in [3.8, 4) is 5.75 Å². The average molecular weight is 427 g/mol. The number of amides is 3. The van der Waals surface area contributed by atoms with Crippen LogP contribution in [0.2, 0.25) is 0 Å². The first-order valence-corrected chi connectivity index (χ1v) is 9.99. The van der Waals surface area contributed by atoms with E-state index in [9.17, 15) is 9.59 Å². The van der Waals surface area contributed by atoms with Crippen LogP contribution in [0.3, 0.4) is 0 Å². The van der Waals surface area contributed by atoms with E-state index in [0.29, 0.717) is 0 Å². The minimum absolute atomic E-state index is 0.0689. The molecule has 7 heteroatoms. The molecule has 0 aromatic heterocycles. The molecule has 1 aromatic rings. The number of nitrogens with two attached hydrogens (primary N) is 1. The van der Waals surface area contributed by atoms with Crippen molar-refractivity contribution >= 4 is 27.9 Å². The van der Waals surface area contributed by atoms with Gasteiger partial charge in [-0.25, -0.2) is 4.79 Å². The summed E-state index contributed by atoms with van der Waals surface area (Å²) in [5.41, 5.74) is 1.07. The molecule has 144 valence electrons. The van der Waals surface area contributed by atoms with Crippen molar-refractivity contribution in [1.82, 2.24) is 10.6 Å². The van der Waals surface area contributed by atoms with Crippen molar-refractivity contribution < 1.29 is 19.6 Å². The van der Waals surface area contributed by atoms with E-state index in [1.54, 1.807) is 14.0 Å². The molecule has 0 saturated heterocycles. The number of carbonyl (C=O) groups excluding carboxylic acids is 2. The number of hydrogen-bond acceptors (Lipinski definition) is 3. The molecule has 0 heterocycles. The fraction of sp³-hybridized carbons (Fsp3) is 0.579. The van der Waals surface area contributed by atoms with Crippen LogP contribution < -0.4 is 20.7 Å². The highest BCUT2D eigenvalue weighted by atomic mass is 79.9. The predicted octanol–water partition coefficient (Wildman–Crippen LogP) is 2.63. The highest BCUT2D eigenvalue weighted by Crippen LogP contribution is 2.27. The van der Waals surface area contributed by atoms with Crippen molar-refractivity contribution in [1.29, 1.82) is 0 Å². The maximum Gasteiger partial charge on any atom is 0.321 e. The first-order valence-electron chi connectivity index (χ1n) is 9.20. The summed E-state index contributed by atoms with van der Waals surface area (Å²) in [6.07, 6.45) is 5.49. The Bertz CT molecular complexity index is 632. The maximum absolute atomic E-state index is 12.3. The lowest BCUT2D eigenvalue weighted by atomic mass is 9.96. The van der Waals surface area contributed by atoms with Gasteiger partial charge in [0.25, 0.3) is 5.91 Å². The van der Waals surface area contributed by atoms with E-state index < -0.39 is 0 Å². The van der Waals surface area contributed by atoms with Gasteiger partial charge in [0.1, 0.15) is 11.8 Å². The van der Waals surface area contributed by atoms with Gasteiger partial charge in [0.05, 0.1) is 11.6 Å². The van der Waals surface area contributed by atoms with Gasteiger partial charge in [0.15, 0.2) is 6.04 Å². The van der Waals surface area contributed by atoms with E-state index in [-0.39, 0.29) is 30.1 Å². The molecular weight excluding hydrogens is 398 g/mol. The van der Waals surface area contributed by atoms with Gasteiger partial charge in [0, 0.05) is 11.6 Å². The molecule has 4 N–H and O–H groups in total. The second-order valence-corrected chi connectivity index (χ2v) is 7.82. The topological polar surface area (TPSA) is 84.0 Å². The smallest absolute Gasteiger partial charge is 0.321 e. The zero-order chi connectivity index (χ0) is 19.1. The Kier molecular flexibility index (Phi) is 7.90. The van der Waals surface area contributed by atoms with E-state index in [2.05, 4.69) is 26.6 Å². The van der Waals surface area contributed by atoms with Crippen LogP contribution in [0.4, 0.5) is 4.79 Å². The molecule has 1 aliphatic rings. The normalized spacial score (nSPS) is 17.2. The Labute approximate surface area is 163 Å². The lowest BCUT2D eigenvalue weighted by Gasteiger charge is -2.23. The number of halogens is 1. The molecule has 1 aromatic carbocycles. The summed E-state index contributed by atoms with van der Waals surface area (Å²) in [4.78, 5) is 24.3. The van der Waals surface area contributed by atoms with E-state index in [4.69, 9.17) is 4.74 Å². The highest BCUT2D eigenvalue weighted by molar-refractivity contribution is 9.10. The van der Waals surface area contributed by atoms with Gasteiger partial charge in [-0.3, -0.25) is 10.1 Å². The third kappa shape index (κ3) is 5.99. The number of benzene rings is 1. The van der Waals surface area contributed by atoms with Crippen LogP contribution in [0.1, 0.15) is 57.6 Å². The molecule has 0 aliphatic heterocycles. The molecule has 3 amide bonds. The van der Waals surface area contributed by atoms with E-state index in [1.807, 2.05) is 30.4 Å². The van der Waals surface area contributed by atoms with E-state index >= 15 is 0 Å². The van der Waals surface area contributed by atoms with Crippen LogP contribution in [-0.4, -0.2) is 31.1 Å². The highest BCUT2D eigenvalue weighted by Gasteiger charge is 2.24. The van der Waals surface area contributed by atoms with E-state index in [0.717, 1.165) is 41.5 Å². The number of imide groups is 1. The monoisotopic (exact) mass is 426 g/mol. The molecule has 2 rings (SSSR count). The zero-order valence-electron chi connectivity index (χ0n) is 15.7. The Morgan fingerprint density at radius 3 is 2.54 bits per heavy atom. The molecule has 6 nitrogen and oxygen atoms in total. The third-order valence-corrected chi connectivity index (χ3v) is 5.49. The minimum atomic E-state index is -0.387. The van der Waals surface area contributed by atoms with Crippen LogP contribution in [0, 0.1) is 0 Å². The first kappa shape index (κ1) is 20.7. The van der Waals surface area contributed by atoms with Gasteiger partial charge < -0.3 is 15.4 Å². The molecule has 1 fully saturated rings. The third-order valence-electron chi connectivity index (χ3n) is 4.87. The Morgan fingerprint density at radius 1 is 1.23 bits per heavy atom. The second-order valence-electron chi connectivity index (χ2n) is 6.96. The molecule has 0 unspecified atom stereocenters. The first-order chi connectivity index (χ1) is 12.4. The molecule has 0 radical (unpaired) electrons. The minimum Gasteiger partial charge on any atom is -0.496 e. The molecule has 1 saturated carbocycles. The van der Waals surface area contributed by atoms with Crippen molar-refractivity contribution in [3.63, 3.8) is 0 Å². The lowest BCUT2D eigenvalue weighted by molar-refractivity contribution is -0.710. The van der Waals surface area contributed by atoms with Crippen LogP contribution in [-0.2, 0) is 4.79 Å². The summed E-state index contributed by atoms with van der Waals surface area (Å²) in [6.45, 7) is 3.83. The molecule has 0 bridgehead atoms. The van der Waals surface area contributed by atoms with Crippen molar-refractivity contribution in [2.45, 2.75) is 64.1 Å². The number of methoxy groups -OCH3 is 1. The van der Waals surface area contributed by atoms with Crippen LogP contribution in [0.5, 0.6) is 5.75 Å². The number of carbonyl (C=O) groups is 2. The summed E-state index contributed by atoms with van der Waals surface area (Å²) in [6, 6.07) is 5.35. The van der Waals surface area contributed by atoms with Gasteiger partial charge >= 0.3 is 6.03 Å². The summed E-state index contributed by atoms with van der Waals surface area (Å²) in [5, 5.41) is 7.31. The summed E-state index contributed by atoms with van der Waals surface area (Å²) < 4.78 is 6.12. The number of ether oxygens (including phenoxy) is 1. The van der Waals surface area contributed by atoms with Crippen LogP contribution in [0.25, 0.3) is 0 Å². The van der Waals surface area contributed by atoms with Gasteiger partial charge in [0.2, 0.25) is 0 Å². The van der Waals surface area contributed by atoms with Crippen molar-refractivity contribution in [2.24, 2.45) is 0 Å². The van der Waals surface area contributed by atoms with Crippen molar-refractivity contribution in [3.05, 3.63) is 28.2 Å². The lowest BCUT2D eigenvalue weighted by Crippen LogP contribution is -2.92. The van der Waals surface area contributed by atoms with Gasteiger partial charge in [-0.05, 0) is 60.8 Å². The fourth-order valence-corrected chi connectivity index (χ4v) is 3.85. The molecular formula is C19H29BrN3O3+. The predicted molar refractivity (Wildman–Crippen MR) is 104 cm³/mol. The molecule has 2 atom stereocenters. The van der Waals surface area contributed by atoms with Gasteiger partial charge in [-0.2, -0.15) is 0 Å². The largest absolute Gasteiger partial charge is 0.496 e. The molecule has 0 spiro atoms. The summed E-state index contributed by atoms with van der Waals surface area (Å²) >= 11 is 3.48. The summed E-state index contributed by atoms with van der Waals surface area (Å²) in [7, 11) is 1.63. The average Bonchev–Trinajstić information content (AvgIpc) is 2.62. The molecule has 26 heavy (non-hydrogen) atoms. The molecule has 1 aliphatic carbocycles. The second kappa shape index (κ2) is 9.92. The Balaban J connectivity index is 1.83. The SMILES string of the molecule is COc1ccc([C@H](C)[NH2+][C@H](C)C(=O)NC(=O)NC2CCCCC2)cc1Br. The number of nitrogens with one attached hydrogen (secondary N) is 2. The zero-order valence-corrected chi connectivity index (χ0v) is 17.3. The Morgan fingerprint density at radius 2 is 1.92 bits per heavy atom. The standard InChI is InChI=1S/C19H28BrN3O3/c1-12(14-9-10-17(26-3)16(20)11-14)21-13(2)18(24)23-19(25)22-15-7-5-4-6-8-15/h9-13,15,21H,4-8H2,1-3H3,(H2,22,23,24,25)/p+1/t12-,13+/m0/s1.